The number of nitrogens with zero attached hydrogens (tertiary/aromatic N) is 2. The Morgan fingerprint density at radius 1 is 1.41 bits per heavy atom. The van der Waals surface area contributed by atoms with Gasteiger partial charge in [-0.1, -0.05) is 23.7 Å². The van der Waals surface area contributed by atoms with Crippen LogP contribution in [0, 0.1) is 5.82 Å². The van der Waals surface area contributed by atoms with E-state index in [1.54, 1.807) is 23.2 Å². The summed E-state index contributed by atoms with van der Waals surface area (Å²) in [5, 5.41) is 3.57. The van der Waals surface area contributed by atoms with Crippen LogP contribution in [-0.2, 0) is 0 Å². The lowest BCUT2D eigenvalue weighted by atomic mass is 10.0. The molecule has 0 bridgehead atoms. The van der Waals surface area contributed by atoms with Gasteiger partial charge in [0.15, 0.2) is 0 Å². The summed E-state index contributed by atoms with van der Waals surface area (Å²) in [5.74, 6) is -0.472. The van der Waals surface area contributed by atoms with Crippen LogP contribution in [0.1, 0.15) is 22.0 Å². The van der Waals surface area contributed by atoms with Crippen molar-refractivity contribution in [1.82, 2.24) is 15.2 Å². The third-order valence-corrected chi connectivity index (χ3v) is 4.04. The number of pyridine rings is 1. The molecule has 0 spiro atoms. The van der Waals surface area contributed by atoms with Crippen LogP contribution in [0.5, 0.6) is 0 Å². The Balaban J connectivity index is 1.93. The fourth-order valence-corrected chi connectivity index (χ4v) is 2.86. The van der Waals surface area contributed by atoms with Crippen molar-refractivity contribution in [3.63, 3.8) is 0 Å². The summed E-state index contributed by atoms with van der Waals surface area (Å²) in [5.41, 5.74) is 1.19. The maximum absolute atomic E-state index is 13.5. The summed E-state index contributed by atoms with van der Waals surface area (Å²) in [6.45, 7) is 1.82. The van der Waals surface area contributed by atoms with Crippen LogP contribution < -0.4 is 5.32 Å². The zero-order chi connectivity index (χ0) is 15.5. The Kier molecular flexibility index (Phi) is 4.36. The Labute approximate surface area is 132 Å². The zero-order valence-electron chi connectivity index (χ0n) is 11.8. The van der Waals surface area contributed by atoms with Gasteiger partial charge in [-0.15, -0.1) is 0 Å². The predicted molar refractivity (Wildman–Crippen MR) is 82.3 cm³/mol. The second-order valence-corrected chi connectivity index (χ2v) is 5.54. The summed E-state index contributed by atoms with van der Waals surface area (Å²) in [4.78, 5) is 18.4. The van der Waals surface area contributed by atoms with Gasteiger partial charge in [0.05, 0.1) is 16.6 Å². The van der Waals surface area contributed by atoms with E-state index in [0.29, 0.717) is 30.2 Å². The lowest BCUT2D eigenvalue weighted by molar-refractivity contribution is 0.0634. The van der Waals surface area contributed by atoms with Gasteiger partial charge >= 0.3 is 0 Å². The Hall–Kier alpha value is -1.98. The highest BCUT2D eigenvalue weighted by Crippen LogP contribution is 2.26. The summed E-state index contributed by atoms with van der Waals surface area (Å²) in [6.07, 6.45) is 2.99. The predicted octanol–water partition coefficient (Wildman–Crippen LogP) is 2.66. The number of carbonyl (C=O) groups excluding carboxylic acids is 1. The molecule has 1 amide bonds. The number of benzene rings is 1. The van der Waals surface area contributed by atoms with Gasteiger partial charge in [-0.3, -0.25) is 9.78 Å². The molecular formula is C16H15ClFN3O. The molecule has 1 N–H and O–H groups in total. The van der Waals surface area contributed by atoms with Crippen LogP contribution in [-0.4, -0.2) is 35.4 Å². The standard InChI is InChI=1S/C16H15ClFN3O/c17-14-9-19-5-4-13(14)16(22)21-7-6-20-10-15(21)11-2-1-3-12(18)8-11/h1-5,8-9,15,20H,6-7,10H2. The molecule has 1 saturated heterocycles. The third kappa shape index (κ3) is 2.96. The van der Waals surface area contributed by atoms with Gasteiger partial charge in [-0.25, -0.2) is 4.39 Å². The molecule has 22 heavy (non-hydrogen) atoms. The van der Waals surface area contributed by atoms with E-state index in [1.165, 1.54) is 18.3 Å². The minimum absolute atomic E-state index is 0.164. The van der Waals surface area contributed by atoms with Gasteiger partial charge in [-0.05, 0) is 23.8 Å². The van der Waals surface area contributed by atoms with E-state index in [0.717, 1.165) is 5.56 Å². The molecule has 1 aromatic heterocycles. The number of hydrogen-bond donors (Lipinski definition) is 1. The van der Waals surface area contributed by atoms with Crippen molar-refractivity contribution < 1.29 is 9.18 Å². The molecule has 2 heterocycles. The SMILES string of the molecule is O=C(c1ccncc1Cl)N1CCNCC1c1cccc(F)c1. The van der Waals surface area contributed by atoms with Crippen molar-refractivity contribution in [3.05, 3.63) is 64.7 Å². The number of halogens is 2. The van der Waals surface area contributed by atoms with Crippen LogP contribution in [0.25, 0.3) is 0 Å². The van der Waals surface area contributed by atoms with Crippen molar-refractivity contribution in [1.29, 1.82) is 0 Å². The van der Waals surface area contributed by atoms with Crippen molar-refractivity contribution in [2.75, 3.05) is 19.6 Å². The first kappa shape index (κ1) is 14.9. The van der Waals surface area contributed by atoms with E-state index in [2.05, 4.69) is 10.3 Å². The van der Waals surface area contributed by atoms with Crippen LogP contribution in [0.15, 0.2) is 42.7 Å². The summed E-state index contributed by atoms with van der Waals surface area (Å²) >= 11 is 6.07. The first-order valence-corrected chi connectivity index (χ1v) is 7.41. The number of hydrogen-bond acceptors (Lipinski definition) is 3. The zero-order valence-corrected chi connectivity index (χ0v) is 12.6. The molecule has 0 saturated carbocycles. The smallest absolute Gasteiger partial charge is 0.256 e. The van der Waals surface area contributed by atoms with Gasteiger partial charge in [0.2, 0.25) is 0 Å². The van der Waals surface area contributed by atoms with Crippen LogP contribution >= 0.6 is 11.6 Å². The molecule has 0 aliphatic carbocycles. The lowest BCUT2D eigenvalue weighted by Crippen LogP contribution is -2.48. The molecule has 6 heteroatoms. The number of nitrogens with one attached hydrogen (secondary N) is 1. The van der Waals surface area contributed by atoms with Crippen LogP contribution in [0.3, 0.4) is 0 Å². The average molecular weight is 320 g/mol. The van der Waals surface area contributed by atoms with Gasteiger partial charge in [-0.2, -0.15) is 0 Å². The van der Waals surface area contributed by atoms with Crippen LogP contribution in [0.2, 0.25) is 5.02 Å². The normalized spacial score (nSPS) is 18.3. The molecule has 2 aromatic rings. The molecule has 1 unspecified atom stereocenters. The van der Waals surface area contributed by atoms with E-state index in [9.17, 15) is 9.18 Å². The second-order valence-electron chi connectivity index (χ2n) is 5.13. The topological polar surface area (TPSA) is 45.2 Å². The molecule has 1 aromatic carbocycles. The highest BCUT2D eigenvalue weighted by atomic mass is 35.5. The van der Waals surface area contributed by atoms with E-state index in [4.69, 9.17) is 11.6 Å². The third-order valence-electron chi connectivity index (χ3n) is 3.74. The molecule has 1 aliphatic heterocycles. The van der Waals surface area contributed by atoms with Crippen molar-refractivity contribution in [3.8, 4) is 0 Å². The number of aromatic nitrogens is 1. The Morgan fingerprint density at radius 3 is 3.05 bits per heavy atom. The fraction of sp³-hybridized carbons (Fsp3) is 0.250. The second kappa shape index (κ2) is 6.42. The Morgan fingerprint density at radius 2 is 2.27 bits per heavy atom. The maximum Gasteiger partial charge on any atom is 0.256 e. The molecule has 4 nitrogen and oxygen atoms in total. The maximum atomic E-state index is 13.5. The minimum atomic E-state index is -0.308. The summed E-state index contributed by atoms with van der Waals surface area (Å²) in [6, 6.07) is 7.73. The summed E-state index contributed by atoms with van der Waals surface area (Å²) < 4.78 is 13.5. The van der Waals surface area contributed by atoms with E-state index in [1.807, 2.05) is 6.07 Å². The van der Waals surface area contributed by atoms with Gasteiger partial charge in [0, 0.05) is 32.0 Å². The minimum Gasteiger partial charge on any atom is -0.329 e. The van der Waals surface area contributed by atoms with Crippen molar-refractivity contribution in [2.24, 2.45) is 0 Å². The highest BCUT2D eigenvalue weighted by molar-refractivity contribution is 6.33. The molecule has 114 valence electrons. The largest absolute Gasteiger partial charge is 0.329 e. The molecule has 3 rings (SSSR count). The quantitative estimate of drug-likeness (QED) is 0.925. The first-order chi connectivity index (χ1) is 10.7. The molecular weight excluding hydrogens is 305 g/mol. The number of rotatable bonds is 2. The summed E-state index contributed by atoms with van der Waals surface area (Å²) in [7, 11) is 0. The number of carbonyl (C=O) groups is 1. The molecule has 1 aliphatic rings. The van der Waals surface area contributed by atoms with Crippen molar-refractivity contribution >= 4 is 17.5 Å². The average Bonchev–Trinajstić information content (AvgIpc) is 2.55. The highest BCUT2D eigenvalue weighted by Gasteiger charge is 2.29. The Bertz CT molecular complexity index is 695. The lowest BCUT2D eigenvalue weighted by Gasteiger charge is -2.36. The van der Waals surface area contributed by atoms with E-state index < -0.39 is 0 Å². The van der Waals surface area contributed by atoms with E-state index >= 15 is 0 Å². The van der Waals surface area contributed by atoms with Gasteiger partial charge in [0.25, 0.3) is 5.91 Å². The molecule has 0 radical (unpaired) electrons. The van der Waals surface area contributed by atoms with Crippen LogP contribution in [0.4, 0.5) is 4.39 Å². The van der Waals surface area contributed by atoms with Crippen molar-refractivity contribution in [2.45, 2.75) is 6.04 Å². The van der Waals surface area contributed by atoms with Gasteiger partial charge < -0.3 is 10.2 Å². The number of amides is 1. The monoisotopic (exact) mass is 319 g/mol. The van der Waals surface area contributed by atoms with E-state index in [-0.39, 0.29) is 17.8 Å². The van der Waals surface area contributed by atoms with Gasteiger partial charge in [0.1, 0.15) is 5.82 Å². The first-order valence-electron chi connectivity index (χ1n) is 7.03. The molecule has 1 fully saturated rings. The fourth-order valence-electron chi connectivity index (χ4n) is 2.66. The molecule has 1 atom stereocenters. The number of piperazine rings is 1.